The van der Waals surface area contributed by atoms with Gasteiger partial charge in [0.05, 0.1) is 5.92 Å². The maximum absolute atomic E-state index is 11.9. The lowest BCUT2D eigenvalue weighted by Gasteiger charge is -2.03. The van der Waals surface area contributed by atoms with Crippen LogP contribution in [0.25, 0.3) is 0 Å². The molecule has 2 saturated carbocycles. The standard InChI is InChI=1S/C7H9F3/c8-7(9,10)6-3-5(6)4-1-2-4/h4-6H,1-3H2. The summed E-state index contributed by atoms with van der Waals surface area (Å²) in [6, 6.07) is 0. The minimum absolute atomic E-state index is 0.0139. The highest BCUT2D eigenvalue weighted by atomic mass is 19.4. The first-order valence-corrected chi connectivity index (χ1v) is 3.66. The molecule has 2 fully saturated rings. The Morgan fingerprint density at radius 1 is 1.10 bits per heavy atom. The minimum Gasteiger partial charge on any atom is -0.171 e. The van der Waals surface area contributed by atoms with Crippen molar-refractivity contribution < 1.29 is 13.2 Å². The van der Waals surface area contributed by atoms with Crippen molar-refractivity contribution >= 4 is 0 Å². The van der Waals surface area contributed by atoms with E-state index in [1.54, 1.807) is 0 Å². The fourth-order valence-corrected chi connectivity index (χ4v) is 1.64. The van der Waals surface area contributed by atoms with E-state index in [0.29, 0.717) is 12.3 Å². The molecule has 0 bridgehead atoms. The van der Waals surface area contributed by atoms with Crippen molar-refractivity contribution in [1.29, 1.82) is 0 Å². The molecule has 0 radical (unpaired) electrons. The molecule has 0 aliphatic heterocycles. The summed E-state index contributed by atoms with van der Waals surface area (Å²) < 4.78 is 35.6. The van der Waals surface area contributed by atoms with E-state index in [0.717, 1.165) is 12.8 Å². The first kappa shape index (κ1) is 6.50. The molecule has 2 rings (SSSR count). The van der Waals surface area contributed by atoms with Gasteiger partial charge in [-0.05, 0) is 31.1 Å². The predicted molar refractivity (Wildman–Crippen MR) is 30.4 cm³/mol. The third kappa shape index (κ3) is 1.02. The molecule has 3 heteroatoms. The van der Waals surface area contributed by atoms with E-state index in [4.69, 9.17) is 0 Å². The third-order valence-corrected chi connectivity index (χ3v) is 2.49. The Morgan fingerprint density at radius 3 is 2.00 bits per heavy atom. The van der Waals surface area contributed by atoms with Gasteiger partial charge >= 0.3 is 6.18 Å². The second kappa shape index (κ2) is 1.69. The molecule has 2 aliphatic carbocycles. The van der Waals surface area contributed by atoms with Gasteiger partial charge in [-0.3, -0.25) is 0 Å². The number of hydrogen-bond acceptors (Lipinski definition) is 0. The van der Waals surface area contributed by atoms with Crippen molar-refractivity contribution in [2.24, 2.45) is 17.8 Å². The van der Waals surface area contributed by atoms with Crippen molar-refractivity contribution in [2.45, 2.75) is 25.4 Å². The molecule has 0 saturated heterocycles. The van der Waals surface area contributed by atoms with Gasteiger partial charge in [0.15, 0.2) is 0 Å². The zero-order valence-electron chi connectivity index (χ0n) is 5.49. The summed E-state index contributed by atoms with van der Waals surface area (Å²) in [5, 5.41) is 0. The normalized spacial score (nSPS) is 39.9. The highest BCUT2D eigenvalue weighted by Gasteiger charge is 2.59. The summed E-state index contributed by atoms with van der Waals surface area (Å²) in [6.45, 7) is 0. The smallest absolute Gasteiger partial charge is 0.171 e. The molecular weight excluding hydrogens is 141 g/mol. The highest BCUT2D eigenvalue weighted by Crippen LogP contribution is 2.59. The van der Waals surface area contributed by atoms with Gasteiger partial charge in [-0.25, -0.2) is 0 Å². The van der Waals surface area contributed by atoms with Gasteiger partial charge in [0, 0.05) is 0 Å². The van der Waals surface area contributed by atoms with Gasteiger partial charge in [-0.15, -0.1) is 0 Å². The SMILES string of the molecule is FC(F)(F)C1CC1C1CC1. The van der Waals surface area contributed by atoms with Crippen LogP contribution in [0.5, 0.6) is 0 Å². The lowest BCUT2D eigenvalue weighted by Crippen LogP contribution is -2.12. The molecule has 2 atom stereocenters. The van der Waals surface area contributed by atoms with Crippen molar-refractivity contribution in [2.75, 3.05) is 0 Å². The summed E-state index contributed by atoms with van der Waals surface area (Å²) in [7, 11) is 0. The van der Waals surface area contributed by atoms with E-state index in [9.17, 15) is 13.2 Å². The highest BCUT2D eigenvalue weighted by molar-refractivity contribution is 4.99. The fourth-order valence-electron chi connectivity index (χ4n) is 1.64. The van der Waals surface area contributed by atoms with E-state index in [-0.39, 0.29) is 5.92 Å². The van der Waals surface area contributed by atoms with Crippen LogP contribution in [0.3, 0.4) is 0 Å². The lowest BCUT2D eigenvalue weighted by atomic mass is 10.2. The molecule has 0 spiro atoms. The molecule has 2 aliphatic rings. The quantitative estimate of drug-likeness (QED) is 0.539. The van der Waals surface area contributed by atoms with Crippen molar-refractivity contribution in [3.63, 3.8) is 0 Å². The van der Waals surface area contributed by atoms with Gasteiger partial charge in [0.1, 0.15) is 0 Å². The molecule has 0 aromatic rings. The van der Waals surface area contributed by atoms with Gasteiger partial charge < -0.3 is 0 Å². The Kier molecular flexibility index (Phi) is 1.10. The van der Waals surface area contributed by atoms with Gasteiger partial charge in [-0.1, -0.05) is 0 Å². The van der Waals surface area contributed by atoms with Gasteiger partial charge in [0.25, 0.3) is 0 Å². The number of rotatable bonds is 1. The fraction of sp³-hybridized carbons (Fsp3) is 1.00. The van der Waals surface area contributed by atoms with Gasteiger partial charge in [-0.2, -0.15) is 13.2 Å². The largest absolute Gasteiger partial charge is 0.392 e. The molecule has 10 heavy (non-hydrogen) atoms. The zero-order valence-corrected chi connectivity index (χ0v) is 5.49. The maximum atomic E-state index is 11.9. The summed E-state index contributed by atoms with van der Waals surface area (Å²) in [4.78, 5) is 0. The van der Waals surface area contributed by atoms with E-state index >= 15 is 0 Å². The number of alkyl halides is 3. The second-order valence-corrected chi connectivity index (χ2v) is 3.39. The van der Waals surface area contributed by atoms with E-state index < -0.39 is 12.1 Å². The van der Waals surface area contributed by atoms with E-state index in [2.05, 4.69) is 0 Å². The van der Waals surface area contributed by atoms with Crippen molar-refractivity contribution in [3.05, 3.63) is 0 Å². The molecule has 2 unspecified atom stereocenters. The Hall–Kier alpha value is -0.210. The summed E-state index contributed by atoms with van der Waals surface area (Å²) >= 11 is 0. The third-order valence-electron chi connectivity index (χ3n) is 2.49. The van der Waals surface area contributed by atoms with Crippen LogP contribution in [0.15, 0.2) is 0 Å². The molecule has 0 aromatic heterocycles. The first-order valence-electron chi connectivity index (χ1n) is 3.66. The topological polar surface area (TPSA) is 0 Å². The van der Waals surface area contributed by atoms with Crippen molar-refractivity contribution in [1.82, 2.24) is 0 Å². The van der Waals surface area contributed by atoms with Crippen molar-refractivity contribution in [3.8, 4) is 0 Å². The van der Waals surface area contributed by atoms with Crippen LogP contribution >= 0.6 is 0 Å². The second-order valence-electron chi connectivity index (χ2n) is 3.39. The van der Waals surface area contributed by atoms with Crippen LogP contribution in [-0.4, -0.2) is 6.18 Å². The van der Waals surface area contributed by atoms with Crippen LogP contribution < -0.4 is 0 Å². The Bertz CT molecular complexity index is 145. The van der Waals surface area contributed by atoms with Crippen LogP contribution in [-0.2, 0) is 0 Å². The molecular formula is C7H9F3. The van der Waals surface area contributed by atoms with Crippen LogP contribution in [0.1, 0.15) is 19.3 Å². The number of hydrogen-bond donors (Lipinski definition) is 0. The van der Waals surface area contributed by atoms with Gasteiger partial charge in [0.2, 0.25) is 0 Å². The Balaban J connectivity index is 1.88. The van der Waals surface area contributed by atoms with Crippen LogP contribution in [0.4, 0.5) is 13.2 Å². The molecule has 0 heterocycles. The lowest BCUT2D eigenvalue weighted by molar-refractivity contribution is -0.151. The Morgan fingerprint density at radius 2 is 1.70 bits per heavy atom. The predicted octanol–water partition coefficient (Wildman–Crippen LogP) is 2.59. The van der Waals surface area contributed by atoms with Crippen LogP contribution in [0, 0.1) is 17.8 Å². The Labute approximate surface area is 57.4 Å². The maximum Gasteiger partial charge on any atom is 0.392 e. The minimum atomic E-state index is -3.90. The first-order chi connectivity index (χ1) is 4.59. The molecule has 0 amide bonds. The summed E-state index contributed by atoms with van der Waals surface area (Å²) in [5.74, 6) is -0.480. The molecule has 0 nitrogen and oxygen atoms in total. The number of halogens is 3. The molecule has 0 N–H and O–H groups in total. The average Bonchev–Trinajstić information content (AvgIpc) is 2.56. The van der Waals surface area contributed by atoms with E-state index in [1.807, 2.05) is 0 Å². The summed E-state index contributed by atoms with van der Waals surface area (Å²) in [6.07, 6.45) is -1.41. The zero-order chi connectivity index (χ0) is 7.35. The molecule has 0 aromatic carbocycles. The monoisotopic (exact) mass is 150 g/mol. The van der Waals surface area contributed by atoms with E-state index in [1.165, 1.54) is 0 Å². The molecule has 58 valence electrons. The average molecular weight is 150 g/mol. The summed E-state index contributed by atoms with van der Waals surface area (Å²) in [5.41, 5.74) is 0. The van der Waals surface area contributed by atoms with Crippen LogP contribution in [0.2, 0.25) is 0 Å².